The van der Waals surface area contributed by atoms with Gasteiger partial charge in [-0.25, -0.2) is 0 Å². The minimum Gasteiger partial charge on any atom is -0.497 e. The molecule has 0 aromatic heterocycles. The SMILES string of the molecule is CCC1(O)CN(Cc2cc(OC)ccc2OC)C1. The van der Waals surface area contributed by atoms with E-state index in [1.807, 2.05) is 25.1 Å². The van der Waals surface area contributed by atoms with Gasteiger partial charge in [0.05, 0.1) is 19.8 Å². The van der Waals surface area contributed by atoms with E-state index in [2.05, 4.69) is 4.90 Å². The zero-order chi connectivity index (χ0) is 13.2. The van der Waals surface area contributed by atoms with Crippen molar-refractivity contribution in [2.24, 2.45) is 0 Å². The van der Waals surface area contributed by atoms with Gasteiger partial charge >= 0.3 is 0 Å². The summed E-state index contributed by atoms with van der Waals surface area (Å²) in [5.74, 6) is 1.69. The van der Waals surface area contributed by atoms with Crippen LogP contribution in [0.15, 0.2) is 18.2 Å². The van der Waals surface area contributed by atoms with Gasteiger partial charge < -0.3 is 14.6 Å². The summed E-state index contributed by atoms with van der Waals surface area (Å²) in [7, 11) is 3.33. The molecule has 1 N–H and O–H groups in total. The highest BCUT2D eigenvalue weighted by Gasteiger charge is 2.39. The predicted octanol–water partition coefficient (Wildman–Crippen LogP) is 1.66. The third-order valence-electron chi connectivity index (χ3n) is 3.58. The molecule has 0 spiro atoms. The summed E-state index contributed by atoms with van der Waals surface area (Å²) in [6.07, 6.45) is 0.804. The molecule has 18 heavy (non-hydrogen) atoms. The van der Waals surface area contributed by atoms with Crippen LogP contribution in [0.1, 0.15) is 18.9 Å². The van der Waals surface area contributed by atoms with Gasteiger partial charge in [-0.2, -0.15) is 0 Å². The first kappa shape index (κ1) is 13.2. The van der Waals surface area contributed by atoms with Crippen molar-refractivity contribution in [1.82, 2.24) is 4.90 Å². The molecule has 1 aromatic carbocycles. The van der Waals surface area contributed by atoms with Crippen molar-refractivity contribution < 1.29 is 14.6 Å². The highest BCUT2D eigenvalue weighted by molar-refractivity contribution is 5.40. The van der Waals surface area contributed by atoms with Crippen LogP contribution in [-0.2, 0) is 6.54 Å². The Morgan fingerprint density at radius 3 is 2.56 bits per heavy atom. The molecule has 2 rings (SSSR count). The van der Waals surface area contributed by atoms with Crippen molar-refractivity contribution in [2.75, 3.05) is 27.3 Å². The number of nitrogens with zero attached hydrogens (tertiary/aromatic N) is 1. The van der Waals surface area contributed by atoms with Crippen molar-refractivity contribution in [3.63, 3.8) is 0 Å². The second-order valence-electron chi connectivity index (χ2n) is 4.90. The lowest BCUT2D eigenvalue weighted by Gasteiger charge is -2.46. The molecule has 0 bridgehead atoms. The fraction of sp³-hybridized carbons (Fsp3) is 0.571. The van der Waals surface area contributed by atoms with Crippen molar-refractivity contribution in [1.29, 1.82) is 0 Å². The molecule has 0 saturated carbocycles. The van der Waals surface area contributed by atoms with E-state index >= 15 is 0 Å². The van der Waals surface area contributed by atoms with Crippen LogP contribution in [0.25, 0.3) is 0 Å². The number of aliphatic hydroxyl groups is 1. The molecule has 1 aliphatic rings. The Morgan fingerprint density at radius 2 is 2.00 bits per heavy atom. The number of hydrogen-bond acceptors (Lipinski definition) is 4. The smallest absolute Gasteiger partial charge is 0.123 e. The molecule has 1 fully saturated rings. The van der Waals surface area contributed by atoms with E-state index in [4.69, 9.17) is 9.47 Å². The quantitative estimate of drug-likeness (QED) is 0.864. The van der Waals surface area contributed by atoms with E-state index < -0.39 is 5.60 Å². The van der Waals surface area contributed by atoms with Crippen LogP contribution >= 0.6 is 0 Å². The number of benzene rings is 1. The van der Waals surface area contributed by atoms with E-state index in [9.17, 15) is 5.11 Å². The fourth-order valence-corrected chi connectivity index (χ4v) is 2.37. The number of methoxy groups -OCH3 is 2. The molecule has 1 aliphatic heterocycles. The summed E-state index contributed by atoms with van der Waals surface area (Å²) in [5.41, 5.74) is 0.599. The number of hydrogen-bond donors (Lipinski definition) is 1. The Hall–Kier alpha value is -1.26. The standard InChI is InChI=1S/C14H21NO3/c1-4-14(16)9-15(10-14)8-11-7-12(17-2)5-6-13(11)18-3/h5-7,16H,4,8-10H2,1-3H3. The van der Waals surface area contributed by atoms with Gasteiger partial charge in [-0.15, -0.1) is 0 Å². The fourth-order valence-electron chi connectivity index (χ4n) is 2.37. The Kier molecular flexibility index (Phi) is 3.78. The van der Waals surface area contributed by atoms with Crippen LogP contribution in [0.4, 0.5) is 0 Å². The van der Waals surface area contributed by atoms with Crippen LogP contribution in [0.5, 0.6) is 11.5 Å². The van der Waals surface area contributed by atoms with Gasteiger partial charge in [0, 0.05) is 25.2 Å². The van der Waals surface area contributed by atoms with Gasteiger partial charge in [-0.05, 0) is 24.6 Å². The van der Waals surface area contributed by atoms with E-state index in [1.54, 1.807) is 14.2 Å². The summed E-state index contributed by atoms with van der Waals surface area (Å²) < 4.78 is 10.6. The van der Waals surface area contributed by atoms with Crippen LogP contribution < -0.4 is 9.47 Å². The molecule has 0 amide bonds. The lowest BCUT2D eigenvalue weighted by Crippen LogP contribution is -2.60. The van der Waals surface area contributed by atoms with Crippen LogP contribution in [-0.4, -0.2) is 42.9 Å². The monoisotopic (exact) mass is 251 g/mol. The Labute approximate surface area is 108 Å². The number of ether oxygens (including phenoxy) is 2. The molecule has 1 aromatic rings. The zero-order valence-electron chi connectivity index (χ0n) is 11.3. The second kappa shape index (κ2) is 5.16. The molecule has 4 nitrogen and oxygen atoms in total. The van der Waals surface area contributed by atoms with Gasteiger partial charge in [0.1, 0.15) is 11.5 Å². The highest BCUT2D eigenvalue weighted by Crippen LogP contribution is 2.30. The molecule has 0 unspecified atom stereocenters. The minimum atomic E-state index is -0.494. The first-order valence-electron chi connectivity index (χ1n) is 6.26. The minimum absolute atomic E-state index is 0.494. The third kappa shape index (κ3) is 2.60. The first-order valence-corrected chi connectivity index (χ1v) is 6.26. The number of β-amino-alcohol motifs (C(OH)–C–C–N with tert-alkyl or cyclic N) is 1. The molecule has 0 atom stereocenters. The van der Waals surface area contributed by atoms with Crippen molar-refractivity contribution in [2.45, 2.75) is 25.5 Å². The lowest BCUT2D eigenvalue weighted by atomic mass is 9.91. The Balaban J connectivity index is 2.05. The molecule has 100 valence electrons. The molecule has 4 heteroatoms. The normalized spacial score (nSPS) is 18.2. The molecule has 1 saturated heterocycles. The number of likely N-dealkylation sites (tertiary alicyclic amines) is 1. The molecule has 0 aliphatic carbocycles. The van der Waals surface area contributed by atoms with Crippen molar-refractivity contribution in [3.05, 3.63) is 23.8 Å². The van der Waals surface area contributed by atoms with Gasteiger partial charge in [0.2, 0.25) is 0 Å². The Morgan fingerprint density at radius 1 is 1.28 bits per heavy atom. The summed E-state index contributed by atoms with van der Waals surface area (Å²) >= 11 is 0. The van der Waals surface area contributed by atoms with Crippen LogP contribution in [0.3, 0.4) is 0 Å². The molecular formula is C14H21NO3. The van der Waals surface area contributed by atoms with Crippen molar-refractivity contribution in [3.8, 4) is 11.5 Å². The summed E-state index contributed by atoms with van der Waals surface area (Å²) in [6.45, 7) is 4.25. The topological polar surface area (TPSA) is 41.9 Å². The second-order valence-corrected chi connectivity index (χ2v) is 4.90. The summed E-state index contributed by atoms with van der Waals surface area (Å²) in [4.78, 5) is 2.21. The number of rotatable bonds is 5. The maximum absolute atomic E-state index is 10.00. The van der Waals surface area contributed by atoms with Crippen molar-refractivity contribution >= 4 is 0 Å². The van der Waals surface area contributed by atoms with Gasteiger partial charge in [0.15, 0.2) is 0 Å². The molecule has 0 radical (unpaired) electrons. The predicted molar refractivity (Wildman–Crippen MR) is 70.1 cm³/mol. The van der Waals surface area contributed by atoms with E-state index in [-0.39, 0.29) is 0 Å². The highest BCUT2D eigenvalue weighted by atomic mass is 16.5. The third-order valence-corrected chi connectivity index (χ3v) is 3.58. The molecule has 1 heterocycles. The largest absolute Gasteiger partial charge is 0.497 e. The average Bonchev–Trinajstić information content (AvgIpc) is 2.36. The summed E-state index contributed by atoms with van der Waals surface area (Å²) in [6, 6.07) is 5.79. The van der Waals surface area contributed by atoms with Gasteiger partial charge in [-0.3, -0.25) is 4.90 Å². The first-order chi connectivity index (χ1) is 8.60. The van der Waals surface area contributed by atoms with Gasteiger partial charge in [-0.1, -0.05) is 6.92 Å². The lowest BCUT2D eigenvalue weighted by molar-refractivity contribution is -0.103. The maximum atomic E-state index is 10.00. The van der Waals surface area contributed by atoms with Gasteiger partial charge in [0.25, 0.3) is 0 Å². The zero-order valence-corrected chi connectivity index (χ0v) is 11.3. The Bertz CT molecular complexity index is 414. The average molecular weight is 251 g/mol. The van der Waals surface area contributed by atoms with Crippen LogP contribution in [0, 0.1) is 0 Å². The summed E-state index contributed by atoms with van der Waals surface area (Å²) in [5, 5.41) is 10.00. The van der Waals surface area contributed by atoms with E-state index in [0.29, 0.717) is 0 Å². The molecular weight excluding hydrogens is 230 g/mol. The maximum Gasteiger partial charge on any atom is 0.123 e. The van der Waals surface area contributed by atoms with E-state index in [1.165, 1.54) is 0 Å². The van der Waals surface area contributed by atoms with Crippen LogP contribution in [0.2, 0.25) is 0 Å². The van der Waals surface area contributed by atoms with E-state index in [0.717, 1.165) is 43.1 Å².